The van der Waals surface area contributed by atoms with Crippen molar-refractivity contribution < 1.29 is 14.7 Å². The minimum Gasteiger partial charge on any atom is -0.478 e. The Morgan fingerprint density at radius 2 is 1.52 bits per heavy atom. The van der Waals surface area contributed by atoms with E-state index in [2.05, 4.69) is 5.32 Å². The molecule has 0 radical (unpaired) electrons. The van der Waals surface area contributed by atoms with Gasteiger partial charge in [-0.3, -0.25) is 4.79 Å². The zero-order chi connectivity index (χ0) is 16.4. The molecule has 0 fully saturated rings. The van der Waals surface area contributed by atoms with Crippen LogP contribution in [0.2, 0.25) is 5.02 Å². The Hall–Kier alpha value is -2.85. The first-order valence-corrected chi connectivity index (χ1v) is 7.26. The van der Waals surface area contributed by atoms with Crippen molar-refractivity contribution in [1.29, 1.82) is 0 Å². The largest absolute Gasteiger partial charge is 0.478 e. The highest BCUT2D eigenvalue weighted by atomic mass is 35.5. The van der Waals surface area contributed by atoms with Crippen molar-refractivity contribution >= 4 is 39.9 Å². The van der Waals surface area contributed by atoms with Gasteiger partial charge in [0.15, 0.2) is 0 Å². The number of fused-ring (bicyclic) bond motifs is 1. The second kappa shape index (κ2) is 6.10. The molecular weight excluding hydrogens is 314 g/mol. The number of halogens is 1. The van der Waals surface area contributed by atoms with Crippen molar-refractivity contribution in [2.45, 2.75) is 0 Å². The van der Waals surface area contributed by atoms with Crippen LogP contribution in [0.5, 0.6) is 0 Å². The van der Waals surface area contributed by atoms with E-state index in [0.717, 1.165) is 10.8 Å². The Morgan fingerprint density at radius 3 is 2.30 bits per heavy atom. The number of para-hydroxylation sites is 1. The van der Waals surface area contributed by atoms with Gasteiger partial charge in [-0.2, -0.15) is 0 Å². The molecule has 4 nitrogen and oxygen atoms in total. The first kappa shape index (κ1) is 15.1. The molecule has 2 N–H and O–H groups in total. The highest BCUT2D eigenvalue weighted by Crippen LogP contribution is 2.27. The maximum Gasteiger partial charge on any atom is 0.337 e. The SMILES string of the molecule is O=C(O)c1cccc(Cl)c1NC(=O)c1cccc2ccccc12. The monoisotopic (exact) mass is 325 g/mol. The number of hydrogen-bond donors (Lipinski definition) is 2. The number of carboxylic acids is 1. The molecule has 0 atom stereocenters. The fraction of sp³-hybridized carbons (Fsp3) is 0. The van der Waals surface area contributed by atoms with Crippen molar-refractivity contribution in [3.63, 3.8) is 0 Å². The van der Waals surface area contributed by atoms with Crippen molar-refractivity contribution in [2.24, 2.45) is 0 Å². The van der Waals surface area contributed by atoms with Crippen LogP contribution in [-0.2, 0) is 0 Å². The highest BCUT2D eigenvalue weighted by molar-refractivity contribution is 6.35. The molecule has 0 aliphatic heterocycles. The van der Waals surface area contributed by atoms with Crippen LogP contribution in [0.25, 0.3) is 10.8 Å². The van der Waals surface area contributed by atoms with Crippen molar-refractivity contribution in [1.82, 2.24) is 0 Å². The standard InChI is InChI=1S/C18H12ClNO3/c19-15-10-4-9-14(18(22)23)16(15)20-17(21)13-8-3-6-11-5-1-2-7-12(11)13/h1-10H,(H,20,21)(H,22,23). The first-order valence-electron chi connectivity index (χ1n) is 6.89. The second-order valence-electron chi connectivity index (χ2n) is 4.95. The van der Waals surface area contributed by atoms with E-state index in [4.69, 9.17) is 11.6 Å². The van der Waals surface area contributed by atoms with Gasteiger partial charge in [-0.15, -0.1) is 0 Å². The van der Waals surface area contributed by atoms with E-state index in [0.29, 0.717) is 5.56 Å². The summed E-state index contributed by atoms with van der Waals surface area (Å²) in [6.07, 6.45) is 0. The van der Waals surface area contributed by atoms with E-state index in [1.165, 1.54) is 18.2 Å². The van der Waals surface area contributed by atoms with E-state index < -0.39 is 11.9 Å². The van der Waals surface area contributed by atoms with Gasteiger partial charge in [-0.1, -0.05) is 54.1 Å². The molecule has 0 saturated carbocycles. The number of carbonyl (C=O) groups excluding carboxylic acids is 1. The number of amides is 1. The molecule has 3 rings (SSSR count). The number of carbonyl (C=O) groups is 2. The smallest absolute Gasteiger partial charge is 0.337 e. The highest BCUT2D eigenvalue weighted by Gasteiger charge is 2.17. The molecule has 114 valence electrons. The number of anilines is 1. The fourth-order valence-corrected chi connectivity index (χ4v) is 2.66. The van der Waals surface area contributed by atoms with Gasteiger partial charge in [0.05, 0.1) is 16.3 Å². The third-order valence-electron chi connectivity index (χ3n) is 3.52. The van der Waals surface area contributed by atoms with Crippen LogP contribution >= 0.6 is 11.6 Å². The van der Waals surface area contributed by atoms with Crippen LogP contribution in [0.4, 0.5) is 5.69 Å². The average Bonchev–Trinajstić information content (AvgIpc) is 2.55. The minimum atomic E-state index is -1.15. The van der Waals surface area contributed by atoms with E-state index in [1.807, 2.05) is 30.3 Å². The quantitative estimate of drug-likeness (QED) is 0.748. The summed E-state index contributed by atoms with van der Waals surface area (Å²) in [6, 6.07) is 17.3. The van der Waals surface area contributed by atoms with Gasteiger partial charge in [-0.25, -0.2) is 4.79 Å². The molecular formula is C18H12ClNO3. The summed E-state index contributed by atoms with van der Waals surface area (Å²) in [6.45, 7) is 0. The molecule has 0 heterocycles. The van der Waals surface area contributed by atoms with E-state index >= 15 is 0 Å². The van der Waals surface area contributed by atoms with Crippen LogP contribution in [0, 0.1) is 0 Å². The minimum absolute atomic E-state index is 0.0499. The Kier molecular flexibility index (Phi) is 4.00. The summed E-state index contributed by atoms with van der Waals surface area (Å²) < 4.78 is 0. The fourth-order valence-electron chi connectivity index (χ4n) is 2.43. The molecule has 5 heteroatoms. The number of aromatic carboxylic acids is 1. The van der Waals surface area contributed by atoms with Crippen molar-refractivity contribution in [2.75, 3.05) is 5.32 Å². The number of benzene rings is 3. The number of hydrogen-bond acceptors (Lipinski definition) is 2. The topological polar surface area (TPSA) is 66.4 Å². The van der Waals surface area contributed by atoms with E-state index in [9.17, 15) is 14.7 Å². The summed E-state index contributed by atoms with van der Waals surface area (Å²) in [5, 5.41) is 13.7. The lowest BCUT2D eigenvalue weighted by atomic mass is 10.0. The number of nitrogens with one attached hydrogen (secondary N) is 1. The maximum absolute atomic E-state index is 12.6. The van der Waals surface area contributed by atoms with Crippen LogP contribution in [0.3, 0.4) is 0 Å². The molecule has 3 aromatic rings. The van der Waals surface area contributed by atoms with Gasteiger partial charge >= 0.3 is 5.97 Å². The Labute approximate surface area is 137 Å². The second-order valence-corrected chi connectivity index (χ2v) is 5.36. The maximum atomic E-state index is 12.6. The molecule has 0 aliphatic rings. The van der Waals surface area contributed by atoms with E-state index in [-0.39, 0.29) is 16.3 Å². The average molecular weight is 326 g/mol. The predicted octanol–water partition coefficient (Wildman–Crippen LogP) is 4.44. The molecule has 0 unspecified atom stereocenters. The van der Waals surface area contributed by atoms with Crippen molar-refractivity contribution in [3.8, 4) is 0 Å². The number of carboxylic acid groups (broad SMARTS) is 1. The molecule has 0 spiro atoms. The lowest BCUT2D eigenvalue weighted by Crippen LogP contribution is -2.15. The van der Waals surface area contributed by atoms with Gasteiger partial charge in [0, 0.05) is 5.56 Å². The molecule has 1 amide bonds. The van der Waals surface area contributed by atoms with Gasteiger partial charge < -0.3 is 10.4 Å². The number of rotatable bonds is 3. The van der Waals surface area contributed by atoms with Crippen LogP contribution in [0.1, 0.15) is 20.7 Å². The zero-order valence-electron chi connectivity index (χ0n) is 11.9. The van der Waals surface area contributed by atoms with Crippen LogP contribution in [-0.4, -0.2) is 17.0 Å². The summed E-state index contributed by atoms with van der Waals surface area (Å²) >= 11 is 6.05. The third-order valence-corrected chi connectivity index (χ3v) is 3.83. The van der Waals surface area contributed by atoms with Crippen LogP contribution in [0.15, 0.2) is 60.7 Å². The molecule has 3 aromatic carbocycles. The predicted molar refractivity (Wildman–Crippen MR) is 90.3 cm³/mol. The Balaban J connectivity index is 2.04. The molecule has 0 bridgehead atoms. The summed E-state index contributed by atoms with van der Waals surface area (Å²) in [5.74, 6) is -1.56. The van der Waals surface area contributed by atoms with Crippen molar-refractivity contribution in [3.05, 3.63) is 76.8 Å². The molecule has 0 aromatic heterocycles. The molecule has 0 aliphatic carbocycles. The van der Waals surface area contributed by atoms with Gasteiger partial charge in [0.1, 0.15) is 0 Å². The summed E-state index contributed by atoms with van der Waals surface area (Å²) in [5.41, 5.74) is 0.505. The lowest BCUT2D eigenvalue weighted by molar-refractivity contribution is 0.0698. The first-order chi connectivity index (χ1) is 11.1. The zero-order valence-corrected chi connectivity index (χ0v) is 12.7. The van der Waals surface area contributed by atoms with Gasteiger partial charge in [0.2, 0.25) is 0 Å². The normalized spacial score (nSPS) is 10.5. The summed E-state index contributed by atoms with van der Waals surface area (Å²) in [7, 11) is 0. The van der Waals surface area contributed by atoms with E-state index in [1.54, 1.807) is 12.1 Å². The van der Waals surface area contributed by atoms with Crippen LogP contribution < -0.4 is 5.32 Å². The molecule has 23 heavy (non-hydrogen) atoms. The lowest BCUT2D eigenvalue weighted by Gasteiger charge is -2.11. The molecule has 0 saturated heterocycles. The Bertz CT molecular complexity index is 916. The third kappa shape index (κ3) is 2.89. The van der Waals surface area contributed by atoms with Gasteiger partial charge in [-0.05, 0) is 29.0 Å². The Morgan fingerprint density at radius 1 is 0.870 bits per heavy atom. The summed E-state index contributed by atoms with van der Waals surface area (Å²) in [4.78, 5) is 23.9. The van der Waals surface area contributed by atoms with Gasteiger partial charge in [0.25, 0.3) is 5.91 Å².